The summed E-state index contributed by atoms with van der Waals surface area (Å²) in [5, 5.41) is 14.4. The molecule has 7 nitrogen and oxygen atoms in total. The zero-order valence-electron chi connectivity index (χ0n) is 14.7. The monoisotopic (exact) mass is 379 g/mol. The van der Waals surface area contributed by atoms with E-state index in [1.165, 1.54) is 11.1 Å². The average Bonchev–Trinajstić information content (AvgIpc) is 3.00. The summed E-state index contributed by atoms with van der Waals surface area (Å²) in [6, 6.07) is 5.94. The van der Waals surface area contributed by atoms with Crippen molar-refractivity contribution in [3.8, 4) is 0 Å². The highest BCUT2D eigenvalue weighted by Gasteiger charge is 2.29. The molecule has 0 fully saturated rings. The van der Waals surface area contributed by atoms with Crippen molar-refractivity contribution in [2.75, 3.05) is 12.0 Å². The minimum absolute atomic E-state index is 0.0988. The van der Waals surface area contributed by atoms with Crippen molar-refractivity contribution in [3.63, 3.8) is 0 Å². The Morgan fingerprint density at radius 1 is 1.23 bits per heavy atom. The van der Waals surface area contributed by atoms with Crippen LogP contribution in [-0.2, 0) is 27.2 Å². The lowest BCUT2D eigenvalue weighted by Gasteiger charge is -2.21. The van der Waals surface area contributed by atoms with Crippen LogP contribution in [0.2, 0.25) is 0 Å². The molecule has 1 aromatic carbocycles. The van der Waals surface area contributed by atoms with Gasteiger partial charge in [-0.3, -0.25) is 14.4 Å². The molecule has 2 atom stereocenters. The highest BCUT2D eigenvalue weighted by Crippen LogP contribution is 2.21. The fraction of sp³-hybridized carbons (Fsp3) is 0.500. The molecule has 0 bridgehead atoms. The number of hydrogen-bond donors (Lipinski definition) is 4. The second kappa shape index (κ2) is 9.59. The lowest BCUT2D eigenvalue weighted by molar-refractivity contribution is -0.140. The van der Waals surface area contributed by atoms with Gasteiger partial charge in [-0.05, 0) is 42.4 Å². The number of rotatable bonds is 9. The number of carbonyl (C=O) groups is 3. The number of carboxylic acids is 1. The summed E-state index contributed by atoms with van der Waals surface area (Å²) in [6.07, 6.45) is 3.29. The third-order valence-corrected chi connectivity index (χ3v) is 5.02. The molecule has 1 aliphatic rings. The molecule has 8 heteroatoms. The predicted molar refractivity (Wildman–Crippen MR) is 101 cm³/mol. The van der Waals surface area contributed by atoms with Crippen molar-refractivity contribution in [1.82, 2.24) is 10.6 Å². The Labute approximate surface area is 157 Å². The molecular weight excluding hydrogens is 354 g/mol. The van der Waals surface area contributed by atoms with E-state index in [2.05, 4.69) is 10.6 Å². The van der Waals surface area contributed by atoms with Crippen molar-refractivity contribution in [3.05, 3.63) is 35.4 Å². The molecule has 0 aliphatic heterocycles. The number of amides is 2. The number of thioether (sulfide) groups is 1. The van der Waals surface area contributed by atoms with Crippen molar-refractivity contribution < 1.29 is 19.5 Å². The molecule has 0 radical (unpaired) electrons. The first-order chi connectivity index (χ1) is 12.4. The summed E-state index contributed by atoms with van der Waals surface area (Å²) in [4.78, 5) is 35.8. The summed E-state index contributed by atoms with van der Waals surface area (Å²) in [5.41, 5.74) is 8.15. The number of nitrogens with one attached hydrogen (secondary N) is 2. The lowest BCUT2D eigenvalue weighted by Crippen LogP contribution is -2.54. The maximum atomic E-state index is 12.5. The van der Waals surface area contributed by atoms with Crippen molar-refractivity contribution in [1.29, 1.82) is 0 Å². The highest BCUT2D eigenvalue weighted by atomic mass is 32.2. The summed E-state index contributed by atoms with van der Waals surface area (Å²) in [6.45, 7) is 0. The first kappa shape index (κ1) is 20.3. The summed E-state index contributed by atoms with van der Waals surface area (Å²) in [7, 11) is 0. The average molecular weight is 379 g/mol. The molecule has 1 aromatic rings. The molecule has 0 heterocycles. The maximum absolute atomic E-state index is 12.5. The van der Waals surface area contributed by atoms with Crippen molar-refractivity contribution >= 4 is 29.5 Å². The van der Waals surface area contributed by atoms with Crippen LogP contribution >= 0.6 is 11.8 Å². The summed E-state index contributed by atoms with van der Waals surface area (Å²) < 4.78 is 0. The first-order valence-corrected chi connectivity index (χ1v) is 9.94. The van der Waals surface area contributed by atoms with E-state index in [-0.39, 0.29) is 6.04 Å². The molecule has 2 amide bonds. The van der Waals surface area contributed by atoms with Crippen LogP contribution in [0.4, 0.5) is 0 Å². The molecule has 0 saturated carbocycles. The van der Waals surface area contributed by atoms with E-state index in [4.69, 9.17) is 10.8 Å². The quantitative estimate of drug-likeness (QED) is 0.490. The van der Waals surface area contributed by atoms with E-state index >= 15 is 0 Å². The zero-order chi connectivity index (χ0) is 19.1. The highest BCUT2D eigenvalue weighted by molar-refractivity contribution is 7.98. The van der Waals surface area contributed by atoms with Crippen molar-refractivity contribution in [2.24, 2.45) is 5.73 Å². The van der Waals surface area contributed by atoms with Gasteiger partial charge in [-0.1, -0.05) is 24.3 Å². The van der Waals surface area contributed by atoms with E-state index < -0.39 is 36.3 Å². The Bertz CT molecular complexity index is 643. The van der Waals surface area contributed by atoms with E-state index in [9.17, 15) is 14.4 Å². The van der Waals surface area contributed by atoms with Gasteiger partial charge >= 0.3 is 5.97 Å². The number of carboxylic acid groups (broad SMARTS) is 1. The predicted octanol–water partition coefficient (Wildman–Crippen LogP) is 0.310. The number of hydrogen-bond acceptors (Lipinski definition) is 5. The van der Waals surface area contributed by atoms with Crippen molar-refractivity contribution in [2.45, 2.75) is 43.8 Å². The Hall–Kier alpha value is -2.06. The fourth-order valence-electron chi connectivity index (χ4n) is 3.00. The molecule has 26 heavy (non-hydrogen) atoms. The molecular formula is C18H25N3O4S. The van der Waals surface area contributed by atoms with E-state index in [1.807, 2.05) is 30.5 Å². The smallest absolute Gasteiger partial charge is 0.305 e. The van der Waals surface area contributed by atoms with Crippen LogP contribution < -0.4 is 16.4 Å². The van der Waals surface area contributed by atoms with E-state index in [0.717, 1.165) is 0 Å². The van der Waals surface area contributed by atoms with Gasteiger partial charge in [-0.15, -0.1) is 0 Å². The first-order valence-electron chi connectivity index (χ1n) is 8.54. The third-order valence-electron chi connectivity index (χ3n) is 4.38. The van der Waals surface area contributed by atoms with Gasteiger partial charge in [0.2, 0.25) is 11.8 Å². The minimum Gasteiger partial charge on any atom is -0.481 e. The summed E-state index contributed by atoms with van der Waals surface area (Å²) in [5.74, 6) is -1.44. The number of aliphatic carboxylic acids is 1. The minimum atomic E-state index is -1.15. The Morgan fingerprint density at radius 3 is 2.38 bits per heavy atom. The topological polar surface area (TPSA) is 122 Å². The fourth-order valence-corrected chi connectivity index (χ4v) is 3.49. The van der Waals surface area contributed by atoms with Crippen LogP contribution in [-0.4, -0.2) is 53.0 Å². The number of benzene rings is 1. The zero-order valence-corrected chi connectivity index (χ0v) is 15.6. The lowest BCUT2D eigenvalue weighted by atomic mass is 10.1. The van der Waals surface area contributed by atoms with Gasteiger partial charge in [0.1, 0.15) is 6.04 Å². The van der Waals surface area contributed by atoms with Gasteiger partial charge in [0.05, 0.1) is 12.5 Å². The second-order valence-corrected chi connectivity index (χ2v) is 7.42. The molecule has 0 unspecified atom stereocenters. The van der Waals surface area contributed by atoms with Gasteiger partial charge in [-0.25, -0.2) is 0 Å². The molecule has 1 aliphatic carbocycles. The number of carbonyl (C=O) groups excluding carboxylic acids is 2. The van der Waals surface area contributed by atoms with E-state index in [1.54, 1.807) is 11.8 Å². The Kier molecular flexibility index (Phi) is 7.47. The van der Waals surface area contributed by atoms with Gasteiger partial charge in [0, 0.05) is 6.04 Å². The molecule has 5 N–H and O–H groups in total. The second-order valence-electron chi connectivity index (χ2n) is 6.43. The third kappa shape index (κ3) is 5.74. The molecule has 0 aromatic heterocycles. The van der Waals surface area contributed by atoms with E-state index in [0.29, 0.717) is 25.0 Å². The molecule has 0 saturated heterocycles. The van der Waals surface area contributed by atoms with Gasteiger partial charge in [0.25, 0.3) is 0 Å². The molecule has 2 rings (SSSR count). The van der Waals surface area contributed by atoms with Crippen LogP contribution in [0.25, 0.3) is 0 Å². The Balaban J connectivity index is 1.94. The van der Waals surface area contributed by atoms with Crippen LogP contribution in [0, 0.1) is 0 Å². The van der Waals surface area contributed by atoms with Crippen LogP contribution in [0.3, 0.4) is 0 Å². The molecule has 0 spiro atoms. The standard InChI is InChI=1S/C18H25N3O4S/c1-26-7-6-14(19)17(24)21-15(10-16(22)23)18(25)20-13-8-11-4-2-3-5-12(11)9-13/h2-5,13-15H,6-10,19H2,1H3,(H,20,25)(H,21,24)(H,22,23)/t14-,15-/m0/s1. The van der Waals surface area contributed by atoms with Crippen LogP contribution in [0.1, 0.15) is 24.0 Å². The maximum Gasteiger partial charge on any atom is 0.305 e. The van der Waals surface area contributed by atoms with Gasteiger partial charge < -0.3 is 21.5 Å². The van der Waals surface area contributed by atoms with Crippen LogP contribution in [0.5, 0.6) is 0 Å². The number of nitrogens with two attached hydrogens (primary N) is 1. The van der Waals surface area contributed by atoms with Crippen LogP contribution in [0.15, 0.2) is 24.3 Å². The van der Waals surface area contributed by atoms with Gasteiger partial charge in [-0.2, -0.15) is 11.8 Å². The number of fused-ring (bicyclic) bond motifs is 1. The Morgan fingerprint density at radius 2 is 1.85 bits per heavy atom. The molecule has 142 valence electrons. The summed E-state index contributed by atoms with van der Waals surface area (Å²) >= 11 is 1.57. The van der Waals surface area contributed by atoms with Gasteiger partial charge in [0.15, 0.2) is 0 Å². The SMILES string of the molecule is CSCC[C@H](N)C(=O)N[C@@H](CC(=O)O)C(=O)NC1Cc2ccccc2C1. The normalized spacial score (nSPS) is 15.8. The largest absolute Gasteiger partial charge is 0.481 e.